The second-order valence-corrected chi connectivity index (χ2v) is 7.10. The molecule has 0 bridgehead atoms. The predicted octanol–water partition coefficient (Wildman–Crippen LogP) is 3.87. The van der Waals surface area contributed by atoms with E-state index in [-0.39, 0.29) is 11.9 Å². The zero-order chi connectivity index (χ0) is 18.6. The number of hydrogen-bond donors (Lipinski definition) is 0. The van der Waals surface area contributed by atoms with Crippen LogP contribution in [0.1, 0.15) is 48.2 Å². The first-order chi connectivity index (χ1) is 13.2. The van der Waals surface area contributed by atoms with Crippen molar-refractivity contribution in [1.82, 2.24) is 19.7 Å². The number of piperidine rings is 1. The predicted molar refractivity (Wildman–Crippen MR) is 105 cm³/mol. The molecular formula is C22H24N4O. The summed E-state index contributed by atoms with van der Waals surface area (Å²) in [4.78, 5) is 19.6. The third kappa shape index (κ3) is 3.77. The topological polar surface area (TPSA) is 51.0 Å². The number of nitrogens with zero attached hydrogens (tertiary/aromatic N) is 4. The van der Waals surface area contributed by atoms with Crippen molar-refractivity contribution in [1.29, 1.82) is 0 Å². The van der Waals surface area contributed by atoms with Crippen LogP contribution in [0.2, 0.25) is 0 Å². The molecule has 5 nitrogen and oxygen atoms in total. The van der Waals surface area contributed by atoms with E-state index in [1.165, 1.54) is 6.42 Å². The van der Waals surface area contributed by atoms with Crippen LogP contribution in [0.15, 0.2) is 60.7 Å². The largest absolute Gasteiger partial charge is 0.333 e. The van der Waals surface area contributed by atoms with Gasteiger partial charge in [-0.1, -0.05) is 48.5 Å². The Labute approximate surface area is 159 Å². The van der Waals surface area contributed by atoms with Gasteiger partial charge in [-0.2, -0.15) is 0 Å². The number of carbonyl (C=O) groups excluding carboxylic acids is 1. The molecule has 1 fully saturated rings. The van der Waals surface area contributed by atoms with Gasteiger partial charge in [0.05, 0.1) is 5.69 Å². The molecule has 0 N–H and O–H groups in total. The number of hydrogen-bond acceptors (Lipinski definition) is 3. The van der Waals surface area contributed by atoms with Crippen molar-refractivity contribution in [2.24, 2.45) is 0 Å². The lowest BCUT2D eigenvalue weighted by Crippen LogP contribution is -2.42. The standard InChI is InChI=1S/C22H24N4O/c1-17-10-8-9-15-25(17)22(27)21-23-20(16-18-11-4-2-5-12-18)26(24-21)19-13-6-3-7-14-19/h2-7,11-14,17H,8-10,15-16H2,1H3/t17-/m1/s1. The van der Waals surface area contributed by atoms with E-state index < -0.39 is 0 Å². The summed E-state index contributed by atoms with van der Waals surface area (Å²) in [5.41, 5.74) is 2.06. The second kappa shape index (κ2) is 7.74. The van der Waals surface area contributed by atoms with Gasteiger partial charge in [0.2, 0.25) is 5.82 Å². The summed E-state index contributed by atoms with van der Waals surface area (Å²) >= 11 is 0. The van der Waals surface area contributed by atoms with Gasteiger partial charge >= 0.3 is 0 Å². The van der Waals surface area contributed by atoms with Crippen LogP contribution >= 0.6 is 0 Å². The summed E-state index contributed by atoms with van der Waals surface area (Å²) in [5, 5.41) is 4.60. The van der Waals surface area contributed by atoms with Gasteiger partial charge in [0.1, 0.15) is 5.82 Å². The fourth-order valence-electron chi connectivity index (χ4n) is 3.63. The van der Waals surface area contributed by atoms with Gasteiger partial charge in [-0.05, 0) is 43.9 Å². The Bertz CT molecular complexity index is 905. The Balaban J connectivity index is 1.70. The first-order valence-electron chi connectivity index (χ1n) is 9.58. The first kappa shape index (κ1) is 17.5. The molecule has 138 valence electrons. The smallest absolute Gasteiger partial charge is 0.293 e. The van der Waals surface area contributed by atoms with E-state index in [1.54, 1.807) is 4.68 Å². The molecule has 1 aromatic heterocycles. The lowest BCUT2D eigenvalue weighted by Gasteiger charge is -2.32. The molecule has 0 radical (unpaired) electrons. The van der Waals surface area contributed by atoms with Crippen molar-refractivity contribution < 1.29 is 4.79 Å². The second-order valence-electron chi connectivity index (χ2n) is 7.10. The lowest BCUT2D eigenvalue weighted by atomic mass is 10.0. The minimum Gasteiger partial charge on any atom is -0.333 e. The van der Waals surface area contributed by atoms with Crippen LogP contribution in [0, 0.1) is 0 Å². The zero-order valence-corrected chi connectivity index (χ0v) is 15.6. The minimum atomic E-state index is -0.0637. The van der Waals surface area contributed by atoms with Crippen LogP contribution in [0.4, 0.5) is 0 Å². The van der Waals surface area contributed by atoms with Gasteiger partial charge in [0, 0.05) is 19.0 Å². The Morgan fingerprint density at radius 2 is 1.74 bits per heavy atom. The van der Waals surface area contributed by atoms with E-state index in [4.69, 9.17) is 0 Å². The van der Waals surface area contributed by atoms with E-state index in [2.05, 4.69) is 29.1 Å². The summed E-state index contributed by atoms with van der Waals surface area (Å²) < 4.78 is 1.80. The van der Waals surface area contributed by atoms with E-state index in [9.17, 15) is 4.79 Å². The SMILES string of the molecule is C[C@@H]1CCCCN1C(=O)c1nc(Cc2ccccc2)n(-c2ccccc2)n1. The van der Waals surface area contributed by atoms with Crippen LogP contribution in [-0.4, -0.2) is 38.2 Å². The Kier molecular flexibility index (Phi) is 5.01. The highest BCUT2D eigenvalue weighted by molar-refractivity contribution is 5.90. The number of likely N-dealkylation sites (tertiary alicyclic amines) is 1. The molecule has 3 aromatic rings. The number of carbonyl (C=O) groups is 1. The number of aromatic nitrogens is 3. The molecule has 5 heteroatoms. The van der Waals surface area contributed by atoms with E-state index in [0.29, 0.717) is 12.2 Å². The minimum absolute atomic E-state index is 0.0637. The fourth-order valence-corrected chi connectivity index (χ4v) is 3.63. The van der Waals surface area contributed by atoms with Crippen molar-refractivity contribution in [2.45, 2.75) is 38.6 Å². The first-order valence-corrected chi connectivity index (χ1v) is 9.58. The molecule has 2 heterocycles. The molecule has 1 aliphatic rings. The van der Waals surface area contributed by atoms with Crippen molar-refractivity contribution >= 4 is 5.91 Å². The quantitative estimate of drug-likeness (QED) is 0.710. The summed E-state index contributed by atoms with van der Waals surface area (Å²) in [5.74, 6) is 1.00. The molecule has 0 spiro atoms. The highest BCUT2D eigenvalue weighted by Gasteiger charge is 2.28. The Morgan fingerprint density at radius 3 is 2.44 bits per heavy atom. The van der Waals surface area contributed by atoms with Crippen molar-refractivity contribution in [2.75, 3.05) is 6.54 Å². The highest BCUT2D eigenvalue weighted by atomic mass is 16.2. The monoisotopic (exact) mass is 360 g/mol. The molecular weight excluding hydrogens is 336 g/mol. The maximum atomic E-state index is 13.0. The van der Waals surface area contributed by atoms with Gasteiger partial charge in [-0.3, -0.25) is 4.79 Å². The highest BCUT2D eigenvalue weighted by Crippen LogP contribution is 2.20. The number of para-hydroxylation sites is 1. The Hall–Kier alpha value is -2.95. The van der Waals surface area contributed by atoms with Crippen LogP contribution in [0.5, 0.6) is 0 Å². The molecule has 1 aliphatic heterocycles. The van der Waals surface area contributed by atoms with Crippen LogP contribution in [0.3, 0.4) is 0 Å². The summed E-state index contributed by atoms with van der Waals surface area (Å²) in [6.45, 7) is 2.89. The summed E-state index contributed by atoms with van der Waals surface area (Å²) in [6.07, 6.45) is 3.90. The zero-order valence-electron chi connectivity index (χ0n) is 15.6. The Morgan fingerprint density at radius 1 is 1.04 bits per heavy atom. The van der Waals surface area contributed by atoms with Gasteiger partial charge in [0.15, 0.2) is 0 Å². The van der Waals surface area contributed by atoms with E-state index in [0.717, 1.165) is 36.5 Å². The van der Waals surface area contributed by atoms with Crippen LogP contribution in [0.25, 0.3) is 5.69 Å². The summed E-state index contributed by atoms with van der Waals surface area (Å²) in [7, 11) is 0. The van der Waals surface area contributed by atoms with Crippen LogP contribution < -0.4 is 0 Å². The van der Waals surface area contributed by atoms with Gasteiger partial charge in [-0.15, -0.1) is 5.10 Å². The number of benzene rings is 2. The lowest BCUT2D eigenvalue weighted by molar-refractivity contribution is 0.0623. The fraction of sp³-hybridized carbons (Fsp3) is 0.318. The molecule has 1 atom stereocenters. The molecule has 0 aliphatic carbocycles. The van der Waals surface area contributed by atoms with E-state index in [1.807, 2.05) is 53.4 Å². The molecule has 4 rings (SSSR count). The maximum absolute atomic E-state index is 13.0. The molecule has 1 saturated heterocycles. The number of rotatable bonds is 4. The average Bonchev–Trinajstić information content (AvgIpc) is 3.13. The van der Waals surface area contributed by atoms with Crippen molar-refractivity contribution in [3.63, 3.8) is 0 Å². The van der Waals surface area contributed by atoms with Gasteiger partial charge in [-0.25, -0.2) is 9.67 Å². The molecule has 0 saturated carbocycles. The summed E-state index contributed by atoms with van der Waals surface area (Å²) in [6, 6.07) is 20.3. The normalized spacial score (nSPS) is 17.1. The molecule has 0 unspecified atom stereocenters. The third-order valence-electron chi connectivity index (χ3n) is 5.14. The third-order valence-corrected chi connectivity index (χ3v) is 5.14. The van der Waals surface area contributed by atoms with Crippen molar-refractivity contribution in [3.05, 3.63) is 77.9 Å². The molecule has 2 aromatic carbocycles. The van der Waals surface area contributed by atoms with Crippen molar-refractivity contribution in [3.8, 4) is 5.69 Å². The van der Waals surface area contributed by atoms with Gasteiger partial charge < -0.3 is 4.90 Å². The molecule has 27 heavy (non-hydrogen) atoms. The van der Waals surface area contributed by atoms with Crippen LogP contribution in [-0.2, 0) is 6.42 Å². The maximum Gasteiger partial charge on any atom is 0.293 e. The van der Waals surface area contributed by atoms with Gasteiger partial charge in [0.25, 0.3) is 5.91 Å². The molecule has 1 amide bonds. The van der Waals surface area contributed by atoms with E-state index >= 15 is 0 Å². The number of amides is 1. The average molecular weight is 360 g/mol.